The van der Waals surface area contributed by atoms with Crippen LogP contribution in [-0.4, -0.2) is 12.6 Å². The molecule has 1 saturated heterocycles. The highest BCUT2D eigenvalue weighted by atomic mass is 15.1. The van der Waals surface area contributed by atoms with Gasteiger partial charge in [-0.2, -0.15) is 0 Å². The Kier molecular flexibility index (Phi) is 1.31. The van der Waals surface area contributed by atoms with E-state index in [-0.39, 0.29) is 0 Å². The lowest BCUT2D eigenvalue weighted by molar-refractivity contribution is -0.0267. The molecule has 0 aromatic rings. The van der Waals surface area contributed by atoms with Crippen LogP contribution >= 0.6 is 0 Å². The normalized spacial score (nSPS) is 35.7. The van der Waals surface area contributed by atoms with Gasteiger partial charge in [0, 0.05) is 12.6 Å². The second-order valence-electron chi connectivity index (χ2n) is 4.32. The van der Waals surface area contributed by atoms with Crippen LogP contribution in [0, 0.1) is 11.3 Å². The Balaban J connectivity index is 1.99. The molecule has 1 heterocycles. The maximum Gasteiger partial charge on any atom is 0.0159 e. The first-order chi connectivity index (χ1) is 4.75. The third-order valence-corrected chi connectivity index (χ3v) is 3.35. The zero-order chi connectivity index (χ0) is 7.19. The number of nitrogens with one attached hydrogen (secondary N) is 1. The van der Waals surface area contributed by atoms with Gasteiger partial charge >= 0.3 is 0 Å². The van der Waals surface area contributed by atoms with E-state index in [1.54, 1.807) is 0 Å². The summed E-state index contributed by atoms with van der Waals surface area (Å²) in [4.78, 5) is 0. The van der Waals surface area contributed by atoms with E-state index in [0.717, 1.165) is 17.4 Å². The Morgan fingerprint density at radius 2 is 2.10 bits per heavy atom. The Morgan fingerprint density at radius 1 is 1.40 bits per heavy atom. The van der Waals surface area contributed by atoms with Crippen LogP contribution in [0.15, 0.2) is 0 Å². The van der Waals surface area contributed by atoms with Crippen molar-refractivity contribution in [2.24, 2.45) is 11.3 Å². The smallest absolute Gasteiger partial charge is 0.0159 e. The van der Waals surface area contributed by atoms with Gasteiger partial charge < -0.3 is 5.32 Å². The quantitative estimate of drug-likeness (QED) is 0.584. The fourth-order valence-corrected chi connectivity index (χ4v) is 2.57. The van der Waals surface area contributed by atoms with Gasteiger partial charge in [0.15, 0.2) is 0 Å². The molecule has 0 aromatic carbocycles. The molecule has 1 saturated carbocycles. The SMILES string of the molecule is CC(C)C1NCC12CCC2. The molecule has 2 fully saturated rings. The van der Waals surface area contributed by atoms with E-state index >= 15 is 0 Å². The van der Waals surface area contributed by atoms with Crippen LogP contribution in [0.2, 0.25) is 0 Å². The molecule has 0 amide bonds. The van der Waals surface area contributed by atoms with Crippen LogP contribution in [0.5, 0.6) is 0 Å². The van der Waals surface area contributed by atoms with Gasteiger partial charge in [-0.3, -0.25) is 0 Å². The van der Waals surface area contributed by atoms with Crippen LogP contribution in [0.1, 0.15) is 33.1 Å². The predicted octanol–water partition coefficient (Wildman–Crippen LogP) is 1.78. The maximum atomic E-state index is 3.54. The fraction of sp³-hybridized carbons (Fsp3) is 1.00. The molecule has 1 spiro atoms. The standard InChI is InChI=1S/C9H17N/c1-7(2)8-9(6-10-8)4-3-5-9/h7-8,10H,3-6H2,1-2H3. The van der Waals surface area contributed by atoms with Crippen molar-refractivity contribution in [1.29, 1.82) is 0 Å². The van der Waals surface area contributed by atoms with E-state index in [2.05, 4.69) is 19.2 Å². The van der Waals surface area contributed by atoms with Gasteiger partial charge in [-0.1, -0.05) is 20.3 Å². The minimum Gasteiger partial charge on any atom is -0.313 e. The first kappa shape index (κ1) is 6.66. The molecule has 10 heavy (non-hydrogen) atoms. The molecular weight excluding hydrogens is 122 g/mol. The van der Waals surface area contributed by atoms with Crippen molar-refractivity contribution in [1.82, 2.24) is 5.32 Å². The van der Waals surface area contributed by atoms with E-state index in [1.807, 2.05) is 0 Å². The lowest BCUT2D eigenvalue weighted by atomic mass is 9.57. The van der Waals surface area contributed by atoms with Gasteiger partial charge in [0.2, 0.25) is 0 Å². The summed E-state index contributed by atoms with van der Waals surface area (Å²) in [6, 6.07) is 0.848. The number of hydrogen-bond donors (Lipinski definition) is 1. The average Bonchev–Trinajstić information content (AvgIpc) is 1.53. The molecule has 1 aliphatic carbocycles. The van der Waals surface area contributed by atoms with Crippen LogP contribution in [0.3, 0.4) is 0 Å². The van der Waals surface area contributed by atoms with E-state index < -0.39 is 0 Å². The minimum absolute atomic E-state index is 0.772. The van der Waals surface area contributed by atoms with Crippen molar-refractivity contribution < 1.29 is 0 Å². The lowest BCUT2D eigenvalue weighted by Gasteiger charge is -2.58. The average molecular weight is 139 g/mol. The van der Waals surface area contributed by atoms with Crippen molar-refractivity contribution in [3.8, 4) is 0 Å². The van der Waals surface area contributed by atoms with Gasteiger partial charge in [0.05, 0.1) is 0 Å². The second-order valence-corrected chi connectivity index (χ2v) is 4.32. The zero-order valence-corrected chi connectivity index (χ0v) is 6.98. The third-order valence-electron chi connectivity index (χ3n) is 3.35. The highest BCUT2D eigenvalue weighted by Crippen LogP contribution is 2.50. The lowest BCUT2D eigenvalue weighted by Crippen LogP contribution is -2.67. The Hall–Kier alpha value is -0.0400. The van der Waals surface area contributed by atoms with Crippen LogP contribution in [0.25, 0.3) is 0 Å². The van der Waals surface area contributed by atoms with E-state index in [9.17, 15) is 0 Å². The van der Waals surface area contributed by atoms with E-state index in [0.29, 0.717) is 0 Å². The van der Waals surface area contributed by atoms with Crippen molar-refractivity contribution in [2.45, 2.75) is 39.2 Å². The van der Waals surface area contributed by atoms with Crippen molar-refractivity contribution in [3.63, 3.8) is 0 Å². The first-order valence-corrected chi connectivity index (χ1v) is 4.48. The van der Waals surface area contributed by atoms with Crippen molar-refractivity contribution in [2.75, 3.05) is 6.54 Å². The highest BCUT2D eigenvalue weighted by Gasteiger charge is 2.51. The van der Waals surface area contributed by atoms with Crippen molar-refractivity contribution in [3.05, 3.63) is 0 Å². The van der Waals surface area contributed by atoms with Gasteiger partial charge in [-0.25, -0.2) is 0 Å². The molecule has 1 heteroatoms. The predicted molar refractivity (Wildman–Crippen MR) is 42.9 cm³/mol. The summed E-state index contributed by atoms with van der Waals surface area (Å²) in [5, 5.41) is 3.54. The molecule has 0 radical (unpaired) electrons. The molecule has 1 unspecified atom stereocenters. The molecule has 58 valence electrons. The van der Waals surface area contributed by atoms with Crippen LogP contribution in [-0.2, 0) is 0 Å². The Labute approximate surface area is 63.2 Å². The van der Waals surface area contributed by atoms with Gasteiger partial charge in [0.25, 0.3) is 0 Å². The third kappa shape index (κ3) is 0.672. The molecule has 2 aliphatic rings. The minimum atomic E-state index is 0.772. The summed E-state index contributed by atoms with van der Waals surface area (Å²) < 4.78 is 0. The Morgan fingerprint density at radius 3 is 2.20 bits per heavy atom. The summed E-state index contributed by atoms with van der Waals surface area (Å²) in [5.41, 5.74) is 0.772. The zero-order valence-electron chi connectivity index (χ0n) is 6.98. The van der Waals surface area contributed by atoms with E-state index in [4.69, 9.17) is 0 Å². The number of hydrogen-bond acceptors (Lipinski definition) is 1. The largest absolute Gasteiger partial charge is 0.313 e. The molecule has 0 aromatic heterocycles. The summed E-state index contributed by atoms with van der Waals surface area (Å²) in [7, 11) is 0. The topological polar surface area (TPSA) is 12.0 Å². The fourth-order valence-electron chi connectivity index (χ4n) is 2.57. The summed E-state index contributed by atoms with van der Waals surface area (Å²) in [6.45, 7) is 5.96. The monoisotopic (exact) mass is 139 g/mol. The molecular formula is C9H17N. The summed E-state index contributed by atoms with van der Waals surface area (Å²) in [5.74, 6) is 0.842. The molecule has 0 bridgehead atoms. The van der Waals surface area contributed by atoms with Gasteiger partial charge in [-0.05, 0) is 24.2 Å². The molecule has 1 atom stereocenters. The van der Waals surface area contributed by atoms with E-state index in [1.165, 1.54) is 25.8 Å². The molecule has 1 nitrogen and oxygen atoms in total. The van der Waals surface area contributed by atoms with Crippen molar-refractivity contribution >= 4 is 0 Å². The molecule has 1 aliphatic heterocycles. The molecule has 2 rings (SSSR count). The highest BCUT2D eigenvalue weighted by molar-refractivity contribution is 5.07. The Bertz CT molecular complexity index is 130. The van der Waals surface area contributed by atoms with Gasteiger partial charge in [-0.15, -0.1) is 0 Å². The summed E-state index contributed by atoms with van der Waals surface area (Å²) in [6.07, 6.45) is 4.45. The summed E-state index contributed by atoms with van der Waals surface area (Å²) >= 11 is 0. The second kappa shape index (κ2) is 1.97. The number of rotatable bonds is 1. The molecule has 1 N–H and O–H groups in total. The van der Waals surface area contributed by atoms with Crippen LogP contribution in [0.4, 0.5) is 0 Å². The maximum absolute atomic E-state index is 3.54. The van der Waals surface area contributed by atoms with Crippen LogP contribution < -0.4 is 5.32 Å². The first-order valence-electron chi connectivity index (χ1n) is 4.48. The van der Waals surface area contributed by atoms with Gasteiger partial charge in [0.1, 0.15) is 0 Å².